The maximum Gasteiger partial charge on any atom is 0.265 e. The largest absolute Gasteiger partial charge is 0.471 e. The fraction of sp³-hybridized carbons (Fsp3) is 0.250. The predicted octanol–water partition coefficient (Wildman–Crippen LogP) is 3.01. The van der Waals surface area contributed by atoms with Gasteiger partial charge in [0.05, 0.1) is 23.8 Å². The first kappa shape index (κ1) is 18.5. The van der Waals surface area contributed by atoms with Gasteiger partial charge in [-0.3, -0.25) is 9.40 Å². The van der Waals surface area contributed by atoms with Gasteiger partial charge in [-0.2, -0.15) is 10.2 Å². The van der Waals surface area contributed by atoms with Crippen LogP contribution in [0, 0.1) is 6.92 Å². The SMILES string of the molecule is CCn1cc(S(=O)(=O)Nc2cnn(COc3ccc(Br)cc3)c2)c(C)n1. The van der Waals surface area contributed by atoms with E-state index in [0.717, 1.165) is 4.47 Å². The Hall–Kier alpha value is -2.33. The third-order valence-electron chi connectivity index (χ3n) is 3.58. The Kier molecular flexibility index (Phi) is 5.33. The molecule has 3 aromatic rings. The van der Waals surface area contributed by atoms with Gasteiger partial charge in [0.1, 0.15) is 10.6 Å². The van der Waals surface area contributed by atoms with Crippen molar-refractivity contribution >= 4 is 31.6 Å². The van der Waals surface area contributed by atoms with E-state index < -0.39 is 10.0 Å². The van der Waals surface area contributed by atoms with Gasteiger partial charge in [0.25, 0.3) is 10.0 Å². The highest BCUT2D eigenvalue weighted by molar-refractivity contribution is 9.10. The summed E-state index contributed by atoms with van der Waals surface area (Å²) in [7, 11) is -3.72. The quantitative estimate of drug-likeness (QED) is 0.610. The van der Waals surface area contributed by atoms with Crippen LogP contribution in [0.2, 0.25) is 0 Å². The van der Waals surface area contributed by atoms with Crippen molar-refractivity contribution in [3.05, 3.63) is 53.0 Å². The van der Waals surface area contributed by atoms with Crippen molar-refractivity contribution in [3.8, 4) is 5.75 Å². The van der Waals surface area contributed by atoms with Gasteiger partial charge in [-0.15, -0.1) is 0 Å². The number of hydrogen-bond acceptors (Lipinski definition) is 5. The summed E-state index contributed by atoms with van der Waals surface area (Å²) in [5.74, 6) is 0.688. The van der Waals surface area contributed by atoms with Crippen molar-refractivity contribution < 1.29 is 13.2 Å². The van der Waals surface area contributed by atoms with E-state index in [1.54, 1.807) is 17.8 Å². The minimum absolute atomic E-state index is 0.151. The van der Waals surface area contributed by atoms with Crippen molar-refractivity contribution in [2.45, 2.75) is 32.0 Å². The second-order valence-corrected chi connectivity index (χ2v) is 8.10. The third-order valence-corrected chi connectivity index (χ3v) is 5.59. The normalized spacial score (nSPS) is 11.5. The molecule has 2 aromatic heterocycles. The molecule has 0 amide bonds. The molecule has 0 radical (unpaired) electrons. The highest BCUT2D eigenvalue weighted by Crippen LogP contribution is 2.19. The zero-order valence-electron chi connectivity index (χ0n) is 14.3. The second-order valence-electron chi connectivity index (χ2n) is 5.54. The molecule has 0 unspecified atom stereocenters. The molecule has 1 N–H and O–H groups in total. The molecule has 10 heteroatoms. The van der Waals surface area contributed by atoms with E-state index in [0.29, 0.717) is 23.7 Å². The number of rotatable bonds is 7. The zero-order chi connectivity index (χ0) is 18.7. The number of benzene rings is 1. The molecule has 0 bridgehead atoms. The van der Waals surface area contributed by atoms with E-state index in [2.05, 4.69) is 30.8 Å². The highest BCUT2D eigenvalue weighted by Gasteiger charge is 2.21. The van der Waals surface area contributed by atoms with Gasteiger partial charge >= 0.3 is 0 Å². The molecule has 8 nitrogen and oxygen atoms in total. The zero-order valence-corrected chi connectivity index (χ0v) is 16.7. The molecular weight excluding hydrogens is 422 g/mol. The van der Waals surface area contributed by atoms with Gasteiger partial charge in [0, 0.05) is 17.2 Å². The predicted molar refractivity (Wildman–Crippen MR) is 100 cm³/mol. The van der Waals surface area contributed by atoms with Gasteiger partial charge in [0.2, 0.25) is 0 Å². The number of sulfonamides is 1. The van der Waals surface area contributed by atoms with Crippen LogP contribution in [0.5, 0.6) is 5.75 Å². The van der Waals surface area contributed by atoms with Gasteiger partial charge in [-0.05, 0) is 38.1 Å². The summed E-state index contributed by atoms with van der Waals surface area (Å²) in [6, 6.07) is 7.39. The Morgan fingerprint density at radius 2 is 1.92 bits per heavy atom. The Morgan fingerprint density at radius 1 is 1.19 bits per heavy atom. The van der Waals surface area contributed by atoms with Crippen LogP contribution in [-0.2, 0) is 23.3 Å². The van der Waals surface area contributed by atoms with E-state index in [4.69, 9.17) is 4.74 Å². The molecule has 26 heavy (non-hydrogen) atoms. The van der Waals surface area contributed by atoms with Crippen LogP contribution < -0.4 is 9.46 Å². The average molecular weight is 440 g/mol. The average Bonchev–Trinajstić information content (AvgIpc) is 3.20. The fourth-order valence-corrected chi connectivity index (χ4v) is 3.77. The third kappa shape index (κ3) is 4.25. The Morgan fingerprint density at radius 3 is 2.58 bits per heavy atom. The lowest BCUT2D eigenvalue weighted by molar-refractivity contribution is 0.221. The van der Waals surface area contributed by atoms with Crippen molar-refractivity contribution in [2.24, 2.45) is 0 Å². The molecule has 0 aliphatic heterocycles. The topological polar surface area (TPSA) is 91.0 Å². The Labute approximate surface area is 160 Å². The van der Waals surface area contributed by atoms with Crippen molar-refractivity contribution in [2.75, 3.05) is 4.72 Å². The summed E-state index contributed by atoms with van der Waals surface area (Å²) < 4.78 is 37.2. The number of ether oxygens (including phenoxy) is 1. The number of aromatic nitrogens is 4. The monoisotopic (exact) mass is 439 g/mol. The van der Waals surface area contributed by atoms with Gasteiger partial charge < -0.3 is 4.74 Å². The molecule has 0 aliphatic carbocycles. The van der Waals surface area contributed by atoms with Crippen LogP contribution in [0.3, 0.4) is 0 Å². The van der Waals surface area contributed by atoms with Crippen LogP contribution in [0.25, 0.3) is 0 Å². The van der Waals surface area contributed by atoms with E-state index in [1.165, 1.54) is 17.1 Å². The second kappa shape index (κ2) is 7.50. The highest BCUT2D eigenvalue weighted by atomic mass is 79.9. The van der Waals surface area contributed by atoms with E-state index in [9.17, 15) is 8.42 Å². The van der Waals surface area contributed by atoms with Gasteiger partial charge in [0.15, 0.2) is 6.73 Å². The van der Waals surface area contributed by atoms with Crippen molar-refractivity contribution in [3.63, 3.8) is 0 Å². The molecule has 1 aromatic carbocycles. The first-order valence-corrected chi connectivity index (χ1v) is 10.1. The molecule has 2 heterocycles. The Bertz CT molecular complexity index is 995. The van der Waals surface area contributed by atoms with E-state index >= 15 is 0 Å². The summed E-state index contributed by atoms with van der Waals surface area (Å²) in [5, 5.41) is 8.27. The number of aryl methyl sites for hydroxylation is 2. The summed E-state index contributed by atoms with van der Waals surface area (Å²) in [5.41, 5.74) is 0.804. The van der Waals surface area contributed by atoms with Gasteiger partial charge in [-0.25, -0.2) is 13.1 Å². The van der Waals surface area contributed by atoms with Crippen LogP contribution in [0.1, 0.15) is 12.6 Å². The lowest BCUT2D eigenvalue weighted by atomic mass is 10.3. The molecule has 0 saturated heterocycles. The van der Waals surface area contributed by atoms with Crippen LogP contribution >= 0.6 is 15.9 Å². The summed E-state index contributed by atoms with van der Waals surface area (Å²) in [6.45, 7) is 4.32. The lowest BCUT2D eigenvalue weighted by Crippen LogP contribution is -2.13. The molecule has 0 fully saturated rings. The number of halogens is 1. The standard InChI is InChI=1S/C16H18BrN5O3S/c1-3-21-10-16(12(2)19-21)26(23,24)20-14-8-18-22(9-14)11-25-15-6-4-13(17)5-7-15/h4-10,20H,3,11H2,1-2H3. The molecule has 0 atom stereocenters. The summed E-state index contributed by atoms with van der Waals surface area (Å²) >= 11 is 3.36. The van der Waals surface area contributed by atoms with Crippen molar-refractivity contribution in [1.82, 2.24) is 19.6 Å². The van der Waals surface area contributed by atoms with E-state index in [1.807, 2.05) is 31.2 Å². The maximum absolute atomic E-state index is 12.5. The molecule has 138 valence electrons. The molecule has 0 spiro atoms. The first-order valence-electron chi connectivity index (χ1n) is 7.85. The van der Waals surface area contributed by atoms with E-state index in [-0.39, 0.29) is 11.6 Å². The smallest absolute Gasteiger partial charge is 0.265 e. The molecule has 0 saturated carbocycles. The first-order chi connectivity index (χ1) is 12.4. The lowest BCUT2D eigenvalue weighted by Gasteiger charge is -2.06. The number of anilines is 1. The van der Waals surface area contributed by atoms with Crippen LogP contribution in [0.15, 0.2) is 52.2 Å². The summed E-state index contributed by atoms with van der Waals surface area (Å²) in [6.07, 6.45) is 4.51. The Balaban J connectivity index is 1.67. The van der Waals surface area contributed by atoms with Gasteiger partial charge in [-0.1, -0.05) is 15.9 Å². The maximum atomic E-state index is 12.5. The molecular formula is C16H18BrN5O3S. The summed E-state index contributed by atoms with van der Waals surface area (Å²) in [4.78, 5) is 0.151. The van der Waals surface area contributed by atoms with Crippen LogP contribution in [0.4, 0.5) is 5.69 Å². The number of nitrogens with one attached hydrogen (secondary N) is 1. The number of hydrogen-bond donors (Lipinski definition) is 1. The van der Waals surface area contributed by atoms with Crippen molar-refractivity contribution in [1.29, 1.82) is 0 Å². The number of nitrogens with zero attached hydrogens (tertiary/aromatic N) is 4. The molecule has 0 aliphatic rings. The minimum Gasteiger partial charge on any atom is -0.471 e. The fourth-order valence-electron chi connectivity index (χ4n) is 2.29. The minimum atomic E-state index is -3.72. The van der Waals surface area contributed by atoms with Crippen LogP contribution in [-0.4, -0.2) is 28.0 Å². The molecule has 3 rings (SSSR count).